The molecule has 1 aliphatic carbocycles. The first-order valence-corrected chi connectivity index (χ1v) is 6.35. The third kappa shape index (κ3) is 2.44. The number of nitrogens with one attached hydrogen (secondary N) is 1. The predicted molar refractivity (Wildman–Crippen MR) is 63.2 cm³/mol. The molecule has 1 aromatic rings. The van der Waals surface area contributed by atoms with Crippen molar-refractivity contribution in [1.82, 2.24) is 19.8 Å². The molecule has 1 unspecified atom stereocenters. The van der Waals surface area contributed by atoms with Crippen LogP contribution in [0.2, 0.25) is 0 Å². The van der Waals surface area contributed by atoms with Crippen LogP contribution in [-0.2, 0) is 6.54 Å². The lowest BCUT2D eigenvalue weighted by molar-refractivity contribution is 0.317. The van der Waals surface area contributed by atoms with Crippen LogP contribution in [0.5, 0.6) is 0 Å². The van der Waals surface area contributed by atoms with Crippen molar-refractivity contribution in [3.8, 4) is 0 Å². The van der Waals surface area contributed by atoms with Gasteiger partial charge in [-0.3, -0.25) is 4.90 Å². The number of hydrogen-bond donors (Lipinski definition) is 1. The Labute approximate surface area is 96.7 Å². The maximum absolute atomic E-state index is 4.04. The Morgan fingerprint density at radius 3 is 3.00 bits per heavy atom. The summed E-state index contributed by atoms with van der Waals surface area (Å²) in [5.74, 6) is 0. The van der Waals surface area contributed by atoms with E-state index in [0.717, 1.165) is 19.1 Å². The Balaban J connectivity index is 1.36. The highest BCUT2D eigenvalue weighted by Crippen LogP contribution is 2.29. The summed E-state index contributed by atoms with van der Waals surface area (Å²) in [5, 5.41) is 3.64. The molecular formula is C12H20N4. The van der Waals surface area contributed by atoms with Crippen LogP contribution in [0.4, 0.5) is 0 Å². The van der Waals surface area contributed by atoms with Gasteiger partial charge in [-0.1, -0.05) is 0 Å². The molecule has 2 fully saturated rings. The molecule has 0 amide bonds. The first-order valence-electron chi connectivity index (χ1n) is 6.35. The standard InChI is InChI=1S/C12H20N4/c1-2-12(1)16-6-3-11(9-16)14-5-8-15-7-4-13-10-15/h4,7,10-12,14H,1-3,5-6,8-9H2. The van der Waals surface area contributed by atoms with E-state index in [4.69, 9.17) is 0 Å². The Hall–Kier alpha value is -0.870. The normalized spacial score (nSPS) is 26.4. The van der Waals surface area contributed by atoms with E-state index in [-0.39, 0.29) is 0 Å². The van der Waals surface area contributed by atoms with Crippen molar-refractivity contribution >= 4 is 0 Å². The van der Waals surface area contributed by atoms with Crippen molar-refractivity contribution in [2.75, 3.05) is 19.6 Å². The molecule has 0 radical (unpaired) electrons. The van der Waals surface area contributed by atoms with E-state index in [1.165, 1.54) is 32.4 Å². The van der Waals surface area contributed by atoms with Gasteiger partial charge in [-0.05, 0) is 19.3 Å². The average Bonchev–Trinajstić information content (AvgIpc) is 2.83. The van der Waals surface area contributed by atoms with Crippen LogP contribution in [0.15, 0.2) is 18.7 Å². The molecule has 1 saturated heterocycles. The van der Waals surface area contributed by atoms with E-state index in [1.807, 2.05) is 18.7 Å². The smallest absolute Gasteiger partial charge is 0.0946 e. The number of imidazole rings is 1. The number of likely N-dealkylation sites (tertiary alicyclic amines) is 1. The fourth-order valence-corrected chi connectivity index (χ4v) is 2.54. The zero-order chi connectivity index (χ0) is 10.8. The Morgan fingerprint density at radius 2 is 2.25 bits per heavy atom. The number of hydrogen-bond acceptors (Lipinski definition) is 3. The van der Waals surface area contributed by atoms with Crippen LogP contribution in [0.25, 0.3) is 0 Å². The lowest BCUT2D eigenvalue weighted by Crippen LogP contribution is -2.35. The molecule has 4 heteroatoms. The van der Waals surface area contributed by atoms with Crippen LogP contribution in [0.1, 0.15) is 19.3 Å². The van der Waals surface area contributed by atoms with Crippen molar-refractivity contribution in [3.63, 3.8) is 0 Å². The summed E-state index contributed by atoms with van der Waals surface area (Å²) in [6, 6.07) is 1.64. The molecule has 2 aliphatic rings. The third-order valence-corrected chi connectivity index (χ3v) is 3.65. The number of nitrogens with zero attached hydrogens (tertiary/aromatic N) is 3. The first-order chi connectivity index (χ1) is 7.92. The van der Waals surface area contributed by atoms with Gasteiger partial charge in [-0.25, -0.2) is 4.98 Å². The molecule has 1 aromatic heterocycles. The Morgan fingerprint density at radius 1 is 1.31 bits per heavy atom. The predicted octanol–water partition coefficient (Wildman–Crippen LogP) is 0.709. The van der Waals surface area contributed by atoms with E-state index in [9.17, 15) is 0 Å². The summed E-state index contributed by atoms with van der Waals surface area (Å²) in [5.41, 5.74) is 0. The topological polar surface area (TPSA) is 33.1 Å². The molecule has 1 atom stereocenters. The summed E-state index contributed by atoms with van der Waals surface area (Å²) in [7, 11) is 0. The highest BCUT2D eigenvalue weighted by atomic mass is 15.2. The number of rotatable bonds is 5. The maximum Gasteiger partial charge on any atom is 0.0946 e. The monoisotopic (exact) mass is 220 g/mol. The third-order valence-electron chi connectivity index (χ3n) is 3.65. The lowest BCUT2D eigenvalue weighted by Gasteiger charge is -2.15. The largest absolute Gasteiger partial charge is 0.336 e. The van der Waals surface area contributed by atoms with Crippen LogP contribution in [0, 0.1) is 0 Å². The lowest BCUT2D eigenvalue weighted by atomic mass is 10.2. The van der Waals surface area contributed by atoms with Gasteiger partial charge >= 0.3 is 0 Å². The van der Waals surface area contributed by atoms with Gasteiger partial charge in [0.2, 0.25) is 0 Å². The van der Waals surface area contributed by atoms with Crippen molar-refractivity contribution in [2.45, 2.75) is 37.9 Å². The zero-order valence-electron chi connectivity index (χ0n) is 9.68. The van der Waals surface area contributed by atoms with Gasteiger partial charge in [0.05, 0.1) is 6.33 Å². The highest BCUT2D eigenvalue weighted by molar-refractivity contribution is 4.91. The van der Waals surface area contributed by atoms with Gasteiger partial charge in [0.15, 0.2) is 0 Å². The second kappa shape index (κ2) is 4.55. The molecule has 1 aliphatic heterocycles. The average molecular weight is 220 g/mol. The molecule has 4 nitrogen and oxygen atoms in total. The Kier molecular flexibility index (Phi) is 2.93. The number of aromatic nitrogens is 2. The summed E-state index contributed by atoms with van der Waals surface area (Å²) in [6.45, 7) is 4.64. The van der Waals surface area contributed by atoms with E-state index in [0.29, 0.717) is 6.04 Å². The molecule has 0 bridgehead atoms. The van der Waals surface area contributed by atoms with Crippen LogP contribution in [0.3, 0.4) is 0 Å². The van der Waals surface area contributed by atoms with Crippen molar-refractivity contribution in [3.05, 3.63) is 18.7 Å². The molecule has 0 spiro atoms. The quantitative estimate of drug-likeness (QED) is 0.793. The minimum absolute atomic E-state index is 0.712. The van der Waals surface area contributed by atoms with Gasteiger partial charge in [0.25, 0.3) is 0 Å². The summed E-state index contributed by atoms with van der Waals surface area (Å²) < 4.78 is 2.13. The molecule has 1 saturated carbocycles. The van der Waals surface area contributed by atoms with Crippen LogP contribution >= 0.6 is 0 Å². The molecule has 2 heterocycles. The van der Waals surface area contributed by atoms with E-state index in [1.54, 1.807) is 0 Å². The summed E-state index contributed by atoms with van der Waals surface area (Å²) in [4.78, 5) is 6.69. The van der Waals surface area contributed by atoms with E-state index in [2.05, 4.69) is 19.8 Å². The summed E-state index contributed by atoms with van der Waals surface area (Å²) >= 11 is 0. The van der Waals surface area contributed by atoms with E-state index < -0.39 is 0 Å². The molecule has 88 valence electrons. The van der Waals surface area contributed by atoms with Crippen molar-refractivity contribution < 1.29 is 0 Å². The zero-order valence-corrected chi connectivity index (χ0v) is 9.68. The fourth-order valence-electron chi connectivity index (χ4n) is 2.54. The van der Waals surface area contributed by atoms with Crippen molar-refractivity contribution in [2.24, 2.45) is 0 Å². The summed E-state index contributed by atoms with van der Waals surface area (Å²) in [6.07, 6.45) is 9.92. The first kappa shape index (κ1) is 10.3. The van der Waals surface area contributed by atoms with Gasteiger partial charge in [-0.2, -0.15) is 0 Å². The minimum atomic E-state index is 0.712. The maximum atomic E-state index is 4.04. The van der Waals surface area contributed by atoms with Crippen LogP contribution in [-0.4, -0.2) is 46.2 Å². The SMILES string of the molecule is c1cn(CCNC2CCN(C3CC3)C2)cn1. The molecule has 16 heavy (non-hydrogen) atoms. The van der Waals surface area contributed by atoms with Gasteiger partial charge < -0.3 is 9.88 Å². The van der Waals surface area contributed by atoms with E-state index >= 15 is 0 Å². The molecule has 1 N–H and O–H groups in total. The molecule has 3 rings (SSSR count). The van der Waals surface area contributed by atoms with Crippen molar-refractivity contribution in [1.29, 1.82) is 0 Å². The highest BCUT2D eigenvalue weighted by Gasteiger charge is 2.33. The second-order valence-corrected chi connectivity index (χ2v) is 4.97. The van der Waals surface area contributed by atoms with Gasteiger partial charge in [0, 0.05) is 50.7 Å². The Bertz CT molecular complexity index is 318. The van der Waals surface area contributed by atoms with Gasteiger partial charge in [-0.15, -0.1) is 0 Å². The van der Waals surface area contributed by atoms with Gasteiger partial charge in [0.1, 0.15) is 0 Å². The van der Waals surface area contributed by atoms with Crippen LogP contribution < -0.4 is 5.32 Å². The second-order valence-electron chi connectivity index (χ2n) is 4.97. The fraction of sp³-hybridized carbons (Fsp3) is 0.750. The molecule has 0 aromatic carbocycles. The molecular weight excluding hydrogens is 200 g/mol. The minimum Gasteiger partial charge on any atom is -0.336 e.